The first-order valence-corrected chi connectivity index (χ1v) is 12.4. The van der Waals surface area contributed by atoms with Gasteiger partial charge in [-0.3, -0.25) is 14.6 Å². The largest absolute Gasteiger partial charge is 0.507 e. The van der Waals surface area contributed by atoms with Gasteiger partial charge >= 0.3 is 0 Å². The predicted octanol–water partition coefficient (Wildman–Crippen LogP) is 5.90. The number of nitrogens with zero attached hydrogens (tertiary/aromatic N) is 2. The number of amides is 1. The quantitative estimate of drug-likeness (QED) is 0.193. The van der Waals surface area contributed by atoms with E-state index in [1.165, 1.54) is 4.90 Å². The highest BCUT2D eigenvalue weighted by molar-refractivity contribution is 6.46. The number of rotatable bonds is 7. The Morgan fingerprint density at radius 3 is 2.32 bits per heavy atom. The molecule has 5 rings (SSSR count). The minimum absolute atomic E-state index is 0.0659. The number of aromatic nitrogens is 1. The molecule has 0 spiro atoms. The van der Waals surface area contributed by atoms with Crippen LogP contribution in [0.3, 0.4) is 0 Å². The molecular formula is C32H28N2O4. The van der Waals surface area contributed by atoms with E-state index in [1.54, 1.807) is 42.7 Å². The molecule has 0 radical (unpaired) electrons. The molecule has 3 aromatic carbocycles. The molecule has 0 bridgehead atoms. The average molecular weight is 505 g/mol. The third kappa shape index (κ3) is 5.20. The third-order valence-corrected chi connectivity index (χ3v) is 6.62. The number of aliphatic hydroxyl groups is 1. The first-order chi connectivity index (χ1) is 18.4. The number of hydrogen-bond acceptors (Lipinski definition) is 5. The minimum atomic E-state index is -0.729. The van der Waals surface area contributed by atoms with E-state index >= 15 is 0 Å². The van der Waals surface area contributed by atoms with E-state index in [4.69, 9.17) is 4.74 Å². The van der Waals surface area contributed by atoms with Gasteiger partial charge in [-0.15, -0.1) is 0 Å². The van der Waals surface area contributed by atoms with E-state index in [9.17, 15) is 14.7 Å². The third-order valence-electron chi connectivity index (χ3n) is 6.62. The van der Waals surface area contributed by atoms with Crippen LogP contribution in [0.1, 0.15) is 39.4 Å². The van der Waals surface area contributed by atoms with Crippen molar-refractivity contribution < 1.29 is 19.4 Å². The van der Waals surface area contributed by atoms with Crippen molar-refractivity contribution in [2.75, 3.05) is 0 Å². The van der Waals surface area contributed by atoms with Crippen LogP contribution in [-0.4, -0.2) is 26.7 Å². The van der Waals surface area contributed by atoms with E-state index in [2.05, 4.69) is 11.1 Å². The van der Waals surface area contributed by atoms with Crippen molar-refractivity contribution in [1.82, 2.24) is 9.88 Å². The summed E-state index contributed by atoms with van der Waals surface area (Å²) in [5, 5.41) is 11.3. The van der Waals surface area contributed by atoms with Crippen molar-refractivity contribution >= 4 is 17.4 Å². The molecule has 38 heavy (non-hydrogen) atoms. The fourth-order valence-corrected chi connectivity index (χ4v) is 4.66. The fraction of sp³-hybridized carbons (Fsp3) is 0.156. The van der Waals surface area contributed by atoms with Crippen LogP contribution in [0, 0.1) is 13.8 Å². The molecule has 1 saturated heterocycles. The highest BCUT2D eigenvalue weighted by atomic mass is 16.5. The second-order valence-electron chi connectivity index (χ2n) is 9.50. The standard InChI is InChI=1S/C32H28N2O4/c1-21-8-10-25(11-9-21)29-28(31(36)32(37)34(29)19-24-7-4-16-33-18-24)30(35)26-12-14-27(15-13-26)38-20-23-6-3-5-22(2)17-23/h3-18,29,35H,19-20H2,1-2H3/b30-28-. The van der Waals surface area contributed by atoms with Crippen LogP contribution in [0.25, 0.3) is 5.76 Å². The van der Waals surface area contributed by atoms with Crippen LogP contribution in [0.15, 0.2) is 103 Å². The number of hydrogen-bond donors (Lipinski definition) is 1. The molecule has 1 aliphatic heterocycles. The molecule has 1 aliphatic rings. The summed E-state index contributed by atoms with van der Waals surface area (Å²) in [5.74, 6) is -0.946. The Morgan fingerprint density at radius 1 is 0.895 bits per heavy atom. The lowest BCUT2D eigenvalue weighted by Crippen LogP contribution is -2.29. The number of carbonyl (C=O) groups is 2. The molecule has 1 unspecified atom stereocenters. The molecule has 190 valence electrons. The summed E-state index contributed by atoms with van der Waals surface area (Å²) in [6.45, 7) is 4.61. The van der Waals surface area contributed by atoms with Crippen molar-refractivity contribution in [3.63, 3.8) is 0 Å². The first-order valence-electron chi connectivity index (χ1n) is 12.4. The van der Waals surface area contributed by atoms with Gasteiger partial charge in [-0.25, -0.2) is 0 Å². The van der Waals surface area contributed by atoms with E-state index in [-0.39, 0.29) is 17.9 Å². The number of ketones is 1. The van der Waals surface area contributed by atoms with Crippen molar-refractivity contribution in [1.29, 1.82) is 0 Å². The summed E-state index contributed by atoms with van der Waals surface area (Å²) in [6, 6.07) is 25.5. The maximum Gasteiger partial charge on any atom is 0.295 e. The number of benzene rings is 3. The predicted molar refractivity (Wildman–Crippen MR) is 145 cm³/mol. The topological polar surface area (TPSA) is 79.7 Å². The second-order valence-corrected chi connectivity index (χ2v) is 9.50. The molecule has 2 heterocycles. The van der Waals surface area contributed by atoms with Gasteiger partial charge < -0.3 is 14.7 Å². The molecule has 1 atom stereocenters. The van der Waals surface area contributed by atoms with Gasteiger partial charge in [0.2, 0.25) is 0 Å². The van der Waals surface area contributed by atoms with Crippen molar-refractivity contribution in [2.45, 2.75) is 33.0 Å². The zero-order valence-electron chi connectivity index (χ0n) is 21.3. The van der Waals surface area contributed by atoms with Crippen LogP contribution in [-0.2, 0) is 22.7 Å². The summed E-state index contributed by atoms with van der Waals surface area (Å²) in [6.07, 6.45) is 3.32. The normalized spacial score (nSPS) is 16.6. The molecular weight excluding hydrogens is 476 g/mol. The number of aryl methyl sites for hydroxylation is 2. The Labute approximate surface area is 221 Å². The minimum Gasteiger partial charge on any atom is -0.507 e. The summed E-state index contributed by atoms with van der Waals surface area (Å²) in [4.78, 5) is 32.1. The summed E-state index contributed by atoms with van der Waals surface area (Å²) < 4.78 is 5.90. The first kappa shape index (κ1) is 25.0. The SMILES string of the molecule is Cc1ccc(C2/C(=C(/O)c3ccc(OCc4cccc(C)c4)cc3)C(=O)C(=O)N2Cc2cccnc2)cc1. The van der Waals surface area contributed by atoms with Gasteiger partial charge in [0.05, 0.1) is 11.6 Å². The molecule has 4 aromatic rings. The Morgan fingerprint density at radius 2 is 1.63 bits per heavy atom. The highest BCUT2D eigenvalue weighted by Crippen LogP contribution is 2.40. The molecule has 1 N–H and O–H groups in total. The number of pyridine rings is 1. The second kappa shape index (κ2) is 10.7. The van der Waals surface area contributed by atoms with Gasteiger partial charge in [0, 0.05) is 24.5 Å². The Kier molecular flexibility index (Phi) is 7.05. The van der Waals surface area contributed by atoms with Crippen molar-refractivity contribution in [2.24, 2.45) is 0 Å². The maximum absolute atomic E-state index is 13.3. The van der Waals surface area contributed by atoms with Crippen LogP contribution in [0.4, 0.5) is 0 Å². The van der Waals surface area contributed by atoms with Crippen LogP contribution < -0.4 is 4.74 Å². The molecule has 6 heteroatoms. The lowest BCUT2D eigenvalue weighted by atomic mass is 9.94. The number of ether oxygens (including phenoxy) is 1. The number of likely N-dealkylation sites (tertiary alicyclic amines) is 1. The van der Waals surface area contributed by atoms with Crippen LogP contribution in [0.2, 0.25) is 0 Å². The number of carbonyl (C=O) groups excluding carboxylic acids is 2. The fourth-order valence-electron chi connectivity index (χ4n) is 4.66. The summed E-state index contributed by atoms with van der Waals surface area (Å²) >= 11 is 0. The van der Waals surface area contributed by atoms with Gasteiger partial charge in [0.15, 0.2) is 0 Å². The van der Waals surface area contributed by atoms with Crippen molar-refractivity contribution in [3.8, 4) is 5.75 Å². The molecule has 0 aliphatic carbocycles. The van der Waals surface area contributed by atoms with Gasteiger partial charge in [-0.05, 0) is 60.9 Å². The van der Waals surface area contributed by atoms with Gasteiger partial charge in [0.1, 0.15) is 18.1 Å². The van der Waals surface area contributed by atoms with E-state index < -0.39 is 17.7 Å². The molecule has 1 amide bonds. The molecule has 0 saturated carbocycles. The zero-order valence-corrected chi connectivity index (χ0v) is 21.3. The molecule has 1 aromatic heterocycles. The van der Waals surface area contributed by atoms with Crippen molar-refractivity contribution in [3.05, 3.63) is 136 Å². The summed E-state index contributed by atoms with van der Waals surface area (Å²) in [5.41, 5.74) is 5.32. The van der Waals surface area contributed by atoms with E-state index in [0.717, 1.165) is 27.8 Å². The number of Topliss-reactive ketones (excluding diaryl/α,β-unsaturated/α-hetero) is 1. The molecule has 1 fully saturated rings. The number of aliphatic hydroxyl groups excluding tert-OH is 1. The van der Waals surface area contributed by atoms with Crippen LogP contribution in [0.5, 0.6) is 5.75 Å². The van der Waals surface area contributed by atoms with E-state index in [0.29, 0.717) is 17.9 Å². The lowest BCUT2D eigenvalue weighted by molar-refractivity contribution is -0.140. The van der Waals surface area contributed by atoms with Gasteiger partial charge in [-0.2, -0.15) is 0 Å². The van der Waals surface area contributed by atoms with Gasteiger partial charge in [-0.1, -0.05) is 65.7 Å². The van der Waals surface area contributed by atoms with Crippen LogP contribution >= 0.6 is 0 Å². The summed E-state index contributed by atoms with van der Waals surface area (Å²) in [7, 11) is 0. The van der Waals surface area contributed by atoms with Gasteiger partial charge in [0.25, 0.3) is 11.7 Å². The monoisotopic (exact) mass is 504 g/mol. The molecule has 6 nitrogen and oxygen atoms in total. The maximum atomic E-state index is 13.3. The average Bonchev–Trinajstić information content (AvgIpc) is 3.18. The zero-order chi connectivity index (χ0) is 26.6. The Hall–Kier alpha value is -4.71. The Bertz CT molecular complexity index is 1490. The smallest absolute Gasteiger partial charge is 0.295 e. The van der Waals surface area contributed by atoms with E-state index in [1.807, 2.05) is 62.4 Å². The Balaban J connectivity index is 1.47. The highest BCUT2D eigenvalue weighted by Gasteiger charge is 2.46. The lowest BCUT2D eigenvalue weighted by Gasteiger charge is -2.25.